The fourth-order valence-corrected chi connectivity index (χ4v) is 2.84. The fourth-order valence-electron chi connectivity index (χ4n) is 2.50. The number of carbonyl (C=O) groups excluding carboxylic acids is 2. The van der Waals surface area contributed by atoms with Crippen LogP contribution in [-0.4, -0.2) is 27.7 Å². The SMILES string of the molecule is O=C1c2cccc3cccc(c23)C(=O)N1CCCI. The summed E-state index contributed by atoms with van der Waals surface area (Å²) < 4.78 is 0.931. The van der Waals surface area contributed by atoms with Gasteiger partial charge in [0.05, 0.1) is 0 Å². The van der Waals surface area contributed by atoms with Gasteiger partial charge in [0, 0.05) is 27.5 Å². The Balaban J connectivity index is 2.19. The van der Waals surface area contributed by atoms with Crippen LogP contribution >= 0.6 is 22.6 Å². The molecule has 1 aliphatic heterocycles. The molecule has 0 saturated carbocycles. The number of amides is 2. The summed E-state index contributed by atoms with van der Waals surface area (Å²) in [6.07, 6.45) is 0.830. The molecule has 1 aliphatic rings. The summed E-state index contributed by atoms with van der Waals surface area (Å²) in [5, 5.41) is 1.75. The van der Waals surface area contributed by atoms with Crippen molar-refractivity contribution in [3.63, 3.8) is 0 Å². The van der Waals surface area contributed by atoms with Crippen LogP contribution in [0.3, 0.4) is 0 Å². The van der Waals surface area contributed by atoms with Crippen LogP contribution in [0, 0.1) is 0 Å². The van der Waals surface area contributed by atoms with Gasteiger partial charge in [-0.3, -0.25) is 14.5 Å². The Morgan fingerprint density at radius 3 is 2.05 bits per heavy atom. The average Bonchev–Trinajstić information content (AvgIpc) is 2.44. The summed E-state index contributed by atoms with van der Waals surface area (Å²) in [6, 6.07) is 11.2. The van der Waals surface area contributed by atoms with E-state index in [1.54, 1.807) is 12.1 Å². The maximum absolute atomic E-state index is 12.4. The smallest absolute Gasteiger partial charge is 0.261 e. The summed E-state index contributed by atoms with van der Waals surface area (Å²) in [6.45, 7) is 0.491. The molecule has 0 unspecified atom stereocenters. The van der Waals surface area contributed by atoms with Crippen LogP contribution in [0.15, 0.2) is 36.4 Å². The third-order valence-corrected chi connectivity index (χ3v) is 4.13. The molecule has 0 fully saturated rings. The highest BCUT2D eigenvalue weighted by Crippen LogP contribution is 2.29. The van der Waals surface area contributed by atoms with E-state index in [4.69, 9.17) is 0 Å². The lowest BCUT2D eigenvalue weighted by molar-refractivity contribution is 0.0611. The highest BCUT2D eigenvalue weighted by Gasteiger charge is 2.31. The van der Waals surface area contributed by atoms with E-state index in [0.717, 1.165) is 21.6 Å². The zero-order valence-corrected chi connectivity index (χ0v) is 12.4. The van der Waals surface area contributed by atoms with Gasteiger partial charge in [-0.1, -0.05) is 46.9 Å². The Hall–Kier alpha value is -1.43. The quantitative estimate of drug-likeness (QED) is 0.476. The van der Waals surface area contributed by atoms with Gasteiger partial charge >= 0.3 is 0 Å². The van der Waals surface area contributed by atoms with E-state index in [0.29, 0.717) is 17.7 Å². The zero-order valence-electron chi connectivity index (χ0n) is 10.2. The van der Waals surface area contributed by atoms with Crippen LogP contribution in [0.1, 0.15) is 27.1 Å². The lowest BCUT2D eigenvalue weighted by Crippen LogP contribution is -2.40. The number of rotatable bonds is 3. The number of hydrogen-bond acceptors (Lipinski definition) is 2. The standard InChI is InChI=1S/C15H12INO2/c16-8-3-9-17-14(18)11-6-1-4-10-5-2-7-12(13(10)11)15(17)19/h1-2,4-7H,3,8-9H2. The second kappa shape index (κ2) is 4.92. The zero-order chi connectivity index (χ0) is 13.4. The van der Waals surface area contributed by atoms with Crippen molar-refractivity contribution in [3.8, 4) is 0 Å². The normalized spacial score (nSPS) is 14.3. The molecule has 2 aromatic rings. The number of carbonyl (C=O) groups is 2. The van der Waals surface area contributed by atoms with Crippen LogP contribution in [0.4, 0.5) is 0 Å². The van der Waals surface area contributed by atoms with Crippen molar-refractivity contribution in [2.75, 3.05) is 11.0 Å². The fraction of sp³-hybridized carbons (Fsp3) is 0.200. The van der Waals surface area contributed by atoms with Gasteiger partial charge in [-0.25, -0.2) is 0 Å². The molecule has 3 rings (SSSR count). The van der Waals surface area contributed by atoms with Gasteiger partial charge < -0.3 is 0 Å². The van der Waals surface area contributed by atoms with Crippen molar-refractivity contribution in [1.82, 2.24) is 4.90 Å². The van der Waals surface area contributed by atoms with Gasteiger partial charge in [0.2, 0.25) is 0 Å². The number of halogens is 1. The predicted molar refractivity (Wildman–Crippen MR) is 82.8 cm³/mol. The molecule has 2 aromatic carbocycles. The average molecular weight is 365 g/mol. The Morgan fingerprint density at radius 1 is 0.947 bits per heavy atom. The van der Waals surface area contributed by atoms with Crippen LogP contribution in [0.25, 0.3) is 10.8 Å². The highest BCUT2D eigenvalue weighted by molar-refractivity contribution is 14.1. The number of alkyl halides is 1. The monoisotopic (exact) mass is 365 g/mol. The molecule has 0 aliphatic carbocycles. The van der Waals surface area contributed by atoms with Crippen molar-refractivity contribution in [1.29, 1.82) is 0 Å². The summed E-state index contributed by atoms with van der Waals surface area (Å²) in [5.74, 6) is -0.335. The highest BCUT2D eigenvalue weighted by atomic mass is 127. The molecule has 96 valence electrons. The van der Waals surface area contributed by atoms with Crippen LogP contribution in [-0.2, 0) is 0 Å². The summed E-state index contributed by atoms with van der Waals surface area (Å²) in [7, 11) is 0. The molecular weight excluding hydrogens is 353 g/mol. The Kier molecular flexibility index (Phi) is 3.26. The van der Waals surface area contributed by atoms with Gasteiger partial charge in [0.25, 0.3) is 11.8 Å². The van der Waals surface area contributed by atoms with Crippen LogP contribution < -0.4 is 0 Å². The van der Waals surface area contributed by atoms with E-state index in [-0.39, 0.29) is 11.8 Å². The minimum absolute atomic E-state index is 0.167. The molecule has 0 aromatic heterocycles. The van der Waals surface area contributed by atoms with Crippen molar-refractivity contribution in [3.05, 3.63) is 47.5 Å². The minimum atomic E-state index is -0.167. The summed E-state index contributed by atoms with van der Waals surface area (Å²) >= 11 is 2.25. The lowest BCUT2D eigenvalue weighted by Gasteiger charge is -2.26. The molecular formula is C15H12INO2. The largest absolute Gasteiger partial charge is 0.274 e. The predicted octanol–water partition coefficient (Wildman–Crippen LogP) is 3.26. The molecule has 0 atom stereocenters. The first-order valence-corrected chi connectivity index (χ1v) is 7.70. The van der Waals surface area contributed by atoms with Gasteiger partial charge in [0.1, 0.15) is 0 Å². The van der Waals surface area contributed by atoms with E-state index in [9.17, 15) is 9.59 Å². The first kappa shape index (κ1) is 12.6. The first-order chi connectivity index (χ1) is 9.24. The van der Waals surface area contributed by atoms with E-state index in [1.165, 1.54) is 4.90 Å². The maximum Gasteiger partial charge on any atom is 0.261 e. The van der Waals surface area contributed by atoms with Crippen molar-refractivity contribution in [2.24, 2.45) is 0 Å². The number of nitrogens with zero attached hydrogens (tertiary/aromatic N) is 1. The Bertz CT molecular complexity index is 630. The van der Waals surface area contributed by atoms with Crippen LogP contribution in [0.5, 0.6) is 0 Å². The number of benzene rings is 2. The number of hydrogen-bond donors (Lipinski definition) is 0. The molecule has 0 saturated heterocycles. The summed E-state index contributed by atoms with van der Waals surface area (Å²) in [4.78, 5) is 26.2. The third-order valence-electron chi connectivity index (χ3n) is 3.37. The van der Waals surface area contributed by atoms with E-state index < -0.39 is 0 Å². The molecule has 0 spiro atoms. The number of imide groups is 1. The maximum atomic E-state index is 12.4. The molecule has 19 heavy (non-hydrogen) atoms. The molecule has 3 nitrogen and oxygen atoms in total. The van der Waals surface area contributed by atoms with Crippen molar-refractivity contribution < 1.29 is 9.59 Å². The molecule has 0 radical (unpaired) electrons. The molecule has 1 heterocycles. The van der Waals surface area contributed by atoms with Gasteiger partial charge in [-0.15, -0.1) is 0 Å². The molecule has 2 amide bonds. The minimum Gasteiger partial charge on any atom is -0.274 e. The molecule has 0 bridgehead atoms. The molecule has 0 N–H and O–H groups in total. The third kappa shape index (κ3) is 1.94. The van der Waals surface area contributed by atoms with E-state index in [2.05, 4.69) is 22.6 Å². The van der Waals surface area contributed by atoms with Crippen molar-refractivity contribution >= 4 is 45.2 Å². The topological polar surface area (TPSA) is 37.4 Å². The van der Waals surface area contributed by atoms with E-state index >= 15 is 0 Å². The first-order valence-electron chi connectivity index (χ1n) is 6.18. The summed E-state index contributed by atoms with van der Waals surface area (Å²) in [5.41, 5.74) is 1.28. The van der Waals surface area contributed by atoms with E-state index in [1.807, 2.05) is 24.3 Å². The second-order valence-electron chi connectivity index (χ2n) is 4.51. The van der Waals surface area contributed by atoms with Crippen molar-refractivity contribution in [2.45, 2.75) is 6.42 Å². The van der Waals surface area contributed by atoms with Gasteiger partial charge in [-0.2, -0.15) is 0 Å². The Labute approximate surface area is 124 Å². The molecule has 4 heteroatoms. The Morgan fingerprint density at radius 2 is 1.53 bits per heavy atom. The van der Waals surface area contributed by atoms with Gasteiger partial charge in [0.15, 0.2) is 0 Å². The second-order valence-corrected chi connectivity index (χ2v) is 5.59. The lowest BCUT2D eigenvalue weighted by atomic mass is 9.94. The van der Waals surface area contributed by atoms with Crippen LogP contribution in [0.2, 0.25) is 0 Å². The van der Waals surface area contributed by atoms with Gasteiger partial charge in [-0.05, 0) is 23.9 Å².